The van der Waals surface area contributed by atoms with Gasteiger partial charge in [-0.1, -0.05) is 19.3 Å². The van der Waals surface area contributed by atoms with E-state index < -0.39 is 0 Å². The number of amides is 1. The highest BCUT2D eigenvalue weighted by Gasteiger charge is 2.42. The van der Waals surface area contributed by atoms with E-state index in [4.69, 9.17) is 0 Å². The molecule has 0 aromatic rings. The SMILES string of the molecule is O=C(CN1CC2CCC(O)C2C1)N1CCCCCCC1. The van der Waals surface area contributed by atoms with Gasteiger partial charge in [0.05, 0.1) is 12.6 Å². The smallest absolute Gasteiger partial charge is 0.236 e. The molecule has 0 radical (unpaired) electrons. The highest BCUT2D eigenvalue weighted by Crippen LogP contribution is 2.37. The largest absolute Gasteiger partial charge is 0.393 e. The number of carbonyl (C=O) groups is 1. The minimum Gasteiger partial charge on any atom is -0.393 e. The van der Waals surface area contributed by atoms with Crippen molar-refractivity contribution in [2.24, 2.45) is 11.8 Å². The second-order valence-corrected chi connectivity index (χ2v) is 6.91. The van der Waals surface area contributed by atoms with E-state index in [1.54, 1.807) is 0 Å². The van der Waals surface area contributed by atoms with Crippen LogP contribution in [0.15, 0.2) is 0 Å². The van der Waals surface area contributed by atoms with Crippen molar-refractivity contribution in [3.63, 3.8) is 0 Å². The average molecular weight is 280 g/mol. The van der Waals surface area contributed by atoms with Crippen molar-refractivity contribution in [2.75, 3.05) is 32.7 Å². The fourth-order valence-electron chi connectivity index (χ4n) is 4.25. The summed E-state index contributed by atoms with van der Waals surface area (Å²) in [6, 6.07) is 0. The standard InChI is InChI=1S/C16H28N2O2/c19-15-7-6-13-10-17(11-14(13)15)12-16(20)18-8-4-2-1-3-5-9-18/h13-15,19H,1-12H2. The first kappa shape index (κ1) is 14.3. The molecular weight excluding hydrogens is 252 g/mol. The summed E-state index contributed by atoms with van der Waals surface area (Å²) in [6.45, 7) is 4.40. The predicted molar refractivity (Wildman–Crippen MR) is 78.3 cm³/mol. The van der Waals surface area contributed by atoms with Gasteiger partial charge in [0.2, 0.25) is 5.91 Å². The molecule has 2 aliphatic heterocycles. The van der Waals surface area contributed by atoms with Crippen molar-refractivity contribution in [3.05, 3.63) is 0 Å². The summed E-state index contributed by atoms with van der Waals surface area (Å²) in [5.41, 5.74) is 0. The van der Waals surface area contributed by atoms with Gasteiger partial charge in [-0.2, -0.15) is 0 Å². The summed E-state index contributed by atoms with van der Waals surface area (Å²) in [5, 5.41) is 9.95. The normalized spacial score (nSPS) is 35.6. The van der Waals surface area contributed by atoms with Crippen molar-refractivity contribution in [3.8, 4) is 0 Å². The summed E-state index contributed by atoms with van der Waals surface area (Å²) >= 11 is 0. The molecule has 3 rings (SSSR count). The molecule has 2 saturated heterocycles. The van der Waals surface area contributed by atoms with E-state index in [0.29, 0.717) is 24.3 Å². The summed E-state index contributed by atoms with van der Waals surface area (Å²) in [7, 11) is 0. The van der Waals surface area contributed by atoms with Gasteiger partial charge in [-0.05, 0) is 31.6 Å². The Hall–Kier alpha value is -0.610. The van der Waals surface area contributed by atoms with E-state index in [-0.39, 0.29) is 6.10 Å². The fourth-order valence-corrected chi connectivity index (χ4v) is 4.25. The molecule has 3 fully saturated rings. The molecule has 1 amide bonds. The lowest BCUT2D eigenvalue weighted by Crippen LogP contribution is -2.41. The third-order valence-electron chi connectivity index (χ3n) is 5.46. The number of hydrogen-bond donors (Lipinski definition) is 1. The zero-order valence-corrected chi connectivity index (χ0v) is 12.5. The van der Waals surface area contributed by atoms with Crippen molar-refractivity contribution < 1.29 is 9.90 Å². The highest BCUT2D eigenvalue weighted by molar-refractivity contribution is 5.78. The van der Waals surface area contributed by atoms with Crippen LogP contribution in [0.25, 0.3) is 0 Å². The Balaban J connectivity index is 1.49. The van der Waals surface area contributed by atoms with Crippen molar-refractivity contribution in [1.29, 1.82) is 0 Å². The average Bonchev–Trinajstić information content (AvgIpc) is 2.91. The van der Waals surface area contributed by atoms with E-state index in [9.17, 15) is 9.90 Å². The third-order valence-corrected chi connectivity index (χ3v) is 5.46. The van der Waals surface area contributed by atoms with Crippen molar-refractivity contribution in [1.82, 2.24) is 9.80 Å². The monoisotopic (exact) mass is 280 g/mol. The van der Waals surface area contributed by atoms with Gasteiger partial charge in [-0.25, -0.2) is 0 Å². The molecule has 3 unspecified atom stereocenters. The summed E-state index contributed by atoms with van der Waals surface area (Å²) in [6.07, 6.45) is 8.17. The molecular formula is C16H28N2O2. The van der Waals surface area contributed by atoms with Crippen molar-refractivity contribution in [2.45, 2.75) is 51.0 Å². The van der Waals surface area contributed by atoms with Gasteiger partial charge < -0.3 is 10.0 Å². The van der Waals surface area contributed by atoms with Gasteiger partial charge in [0.15, 0.2) is 0 Å². The number of aliphatic hydroxyl groups excluding tert-OH is 1. The first-order valence-electron chi connectivity index (χ1n) is 8.42. The Morgan fingerprint density at radius 1 is 1.00 bits per heavy atom. The van der Waals surface area contributed by atoms with E-state index >= 15 is 0 Å². The first-order chi connectivity index (χ1) is 9.74. The van der Waals surface area contributed by atoms with Crippen LogP contribution in [0.3, 0.4) is 0 Å². The number of likely N-dealkylation sites (tertiary alicyclic amines) is 2. The van der Waals surface area contributed by atoms with Crippen LogP contribution in [0.2, 0.25) is 0 Å². The van der Waals surface area contributed by atoms with Crippen LogP contribution < -0.4 is 0 Å². The minimum atomic E-state index is -0.123. The Kier molecular flexibility index (Phi) is 4.61. The lowest BCUT2D eigenvalue weighted by molar-refractivity contribution is -0.132. The van der Waals surface area contributed by atoms with Crippen LogP contribution in [-0.2, 0) is 4.79 Å². The molecule has 1 saturated carbocycles. The van der Waals surface area contributed by atoms with E-state index in [1.165, 1.54) is 19.3 Å². The predicted octanol–water partition coefficient (Wildman–Crippen LogP) is 1.48. The van der Waals surface area contributed by atoms with Crippen LogP contribution >= 0.6 is 0 Å². The molecule has 0 spiro atoms. The summed E-state index contributed by atoms with van der Waals surface area (Å²) in [4.78, 5) is 16.8. The van der Waals surface area contributed by atoms with Crippen LogP contribution in [0.5, 0.6) is 0 Å². The van der Waals surface area contributed by atoms with E-state index in [2.05, 4.69) is 9.80 Å². The number of fused-ring (bicyclic) bond motifs is 1. The molecule has 0 aromatic heterocycles. The van der Waals surface area contributed by atoms with Crippen LogP contribution in [-0.4, -0.2) is 59.6 Å². The molecule has 1 aliphatic carbocycles. The van der Waals surface area contributed by atoms with Gasteiger partial charge in [-0.15, -0.1) is 0 Å². The zero-order chi connectivity index (χ0) is 13.9. The highest BCUT2D eigenvalue weighted by atomic mass is 16.3. The quantitative estimate of drug-likeness (QED) is 0.833. The molecule has 0 aromatic carbocycles. The van der Waals surface area contributed by atoms with Crippen LogP contribution in [0, 0.1) is 11.8 Å². The van der Waals surface area contributed by atoms with Crippen LogP contribution in [0.1, 0.15) is 44.9 Å². The maximum atomic E-state index is 12.4. The maximum Gasteiger partial charge on any atom is 0.236 e. The number of aliphatic hydroxyl groups is 1. The molecule has 2 heterocycles. The number of hydrogen-bond acceptors (Lipinski definition) is 3. The third kappa shape index (κ3) is 3.17. The number of rotatable bonds is 2. The number of carbonyl (C=O) groups excluding carboxylic acids is 1. The van der Waals surface area contributed by atoms with Gasteiger partial charge in [0.25, 0.3) is 0 Å². The Morgan fingerprint density at radius 3 is 2.40 bits per heavy atom. The topological polar surface area (TPSA) is 43.8 Å². The van der Waals surface area contributed by atoms with E-state index in [0.717, 1.165) is 51.9 Å². The Morgan fingerprint density at radius 2 is 1.70 bits per heavy atom. The second-order valence-electron chi connectivity index (χ2n) is 6.91. The fraction of sp³-hybridized carbons (Fsp3) is 0.938. The first-order valence-corrected chi connectivity index (χ1v) is 8.42. The summed E-state index contributed by atoms with van der Waals surface area (Å²) in [5.74, 6) is 1.36. The van der Waals surface area contributed by atoms with Gasteiger partial charge in [0.1, 0.15) is 0 Å². The number of nitrogens with zero attached hydrogens (tertiary/aromatic N) is 2. The molecule has 4 nitrogen and oxygen atoms in total. The van der Waals surface area contributed by atoms with Gasteiger partial charge in [-0.3, -0.25) is 9.69 Å². The molecule has 114 valence electrons. The molecule has 20 heavy (non-hydrogen) atoms. The summed E-state index contributed by atoms with van der Waals surface area (Å²) < 4.78 is 0. The molecule has 1 N–H and O–H groups in total. The maximum absolute atomic E-state index is 12.4. The molecule has 4 heteroatoms. The van der Waals surface area contributed by atoms with Crippen LogP contribution in [0.4, 0.5) is 0 Å². The van der Waals surface area contributed by atoms with Gasteiger partial charge in [0, 0.05) is 32.1 Å². The zero-order valence-electron chi connectivity index (χ0n) is 12.5. The Labute approximate surface area is 122 Å². The van der Waals surface area contributed by atoms with Gasteiger partial charge >= 0.3 is 0 Å². The molecule has 3 atom stereocenters. The molecule has 3 aliphatic rings. The lowest BCUT2D eigenvalue weighted by atomic mass is 10.00. The minimum absolute atomic E-state index is 0.123. The lowest BCUT2D eigenvalue weighted by Gasteiger charge is -2.27. The Bertz CT molecular complexity index is 339. The molecule has 0 bridgehead atoms. The second kappa shape index (κ2) is 6.44. The van der Waals surface area contributed by atoms with Crippen molar-refractivity contribution >= 4 is 5.91 Å². The van der Waals surface area contributed by atoms with E-state index in [1.807, 2.05) is 0 Å².